The van der Waals surface area contributed by atoms with Gasteiger partial charge in [-0.1, -0.05) is 5.11 Å². The average molecular weight is 390 g/mol. The highest BCUT2D eigenvalue weighted by atomic mass is 16.7. The number of carbonyl (C=O) groups is 2. The zero-order chi connectivity index (χ0) is 20.0. The number of alkyl carbamates (subject to hydrolysis) is 1. The normalized spacial score (nSPS) is 31.7. The molecule has 2 rings (SSSR count). The van der Waals surface area contributed by atoms with Crippen molar-refractivity contribution in [2.24, 2.45) is 5.11 Å². The summed E-state index contributed by atoms with van der Waals surface area (Å²) in [5, 5.41) is 34.9. The number of carbonyl (C=O) groups excluding carboxylic acids is 2. The van der Waals surface area contributed by atoms with Crippen LogP contribution < -0.4 is 5.32 Å². The number of esters is 1. The van der Waals surface area contributed by atoms with Crippen molar-refractivity contribution < 1.29 is 43.9 Å². The highest BCUT2D eigenvalue weighted by Crippen LogP contribution is 2.37. The summed E-state index contributed by atoms with van der Waals surface area (Å²) >= 11 is 0. The van der Waals surface area contributed by atoms with Gasteiger partial charge < -0.3 is 39.6 Å². The van der Waals surface area contributed by atoms with E-state index < -0.39 is 54.9 Å². The summed E-state index contributed by atoms with van der Waals surface area (Å²) in [6.07, 6.45) is -6.21. The van der Waals surface area contributed by atoms with Crippen LogP contribution in [0.15, 0.2) is 5.11 Å². The number of hydrogen-bond acceptors (Lipinski definition) is 10. The van der Waals surface area contributed by atoms with Crippen LogP contribution in [-0.4, -0.2) is 90.5 Å². The highest BCUT2D eigenvalue weighted by molar-refractivity contribution is 5.79. The van der Waals surface area contributed by atoms with Crippen molar-refractivity contribution in [2.45, 2.75) is 49.1 Å². The lowest BCUT2D eigenvalue weighted by atomic mass is 9.89. The number of fused-ring (bicyclic) bond motifs is 1. The number of aliphatic hydroxyl groups excluding tert-OH is 3. The molecule has 0 saturated carbocycles. The van der Waals surface area contributed by atoms with E-state index in [9.17, 15) is 19.8 Å². The molecule has 0 spiro atoms. The molecule has 1 amide bonds. The fraction of sp³-hybridized carbons (Fsp3) is 0.857. The van der Waals surface area contributed by atoms with E-state index in [1.807, 2.05) is 0 Å². The Morgan fingerprint density at radius 2 is 2.30 bits per heavy atom. The van der Waals surface area contributed by atoms with Gasteiger partial charge in [0.2, 0.25) is 0 Å². The first kappa shape index (κ1) is 21.2. The van der Waals surface area contributed by atoms with Gasteiger partial charge in [-0.3, -0.25) is 0 Å². The Labute approximate surface area is 153 Å². The van der Waals surface area contributed by atoms with Gasteiger partial charge in [0.25, 0.3) is 5.79 Å². The average Bonchev–Trinajstić information content (AvgIpc) is 3.04. The third-order valence-electron chi connectivity index (χ3n) is 4.31. The van der Waals surface area contributed by atoms with Gasteiger partial charge in [-0.05, 0) is 12.0 Å². The lowest BCUT2D eigenvalue weighted by Gasteiger charge is -2.44. The predicted octanol–water partition coefficient (Wildman–Crippen LogP) is -1.45. The maximum Gasteiger partial charge on any atom is 0.407 e. The molecule has 4 N–H and O–H groups in total. The van der Waals surface area contributed by atoms with Crippen LogP contribution in [-0.2, 0) is 23.7 Å². The van der Waals surface area contributed by atoms with Gasteiger partial charge in [0.05, 0.1) is 32.8 Å². The molecule has 2 fully saturated rings. The molecule has 0 aromatic rings. The molecule has 27 heavy (non-hydrogen) atoms. The fourth-order valence-electron chi connectivity index (χ4n) is 3.01. The van der Waals surface area contributed by atoms with E-state index in [4.69, 9.17) is 29.6 Å². The topological polar surface area (TPSA) is 193 Å². The number of hydrogen-bond donors (Lipinski definition) is 4. The van der Waals surface area contributed by atoms with Crippen LogP contribution in [0.5, 0.6) is 0 Å². The van der Waals surface area contributed by atoms with Crippen molar-refractivity contribution in [1.82, 2.24) is 5.32 Å². The SMILES string of the molecule is COC(=O)[C@@]1(OCCCN=[N+]=[N-])C[C@@H]2OC(=O)N[C@H]2[C@H]([C@H](O)[C@H](O)CO)O1. The van der Waals surface area contributed by atoms with Crippen LogP contribution >= 0.6 is 0 Å². The second-order valence-corrected chi connectivity index (χ2v) is 6.04. The van der Waals surface area contributed by atoms with Crippen molar-refractivity contribution in [3.63, 3.8) is 0 Å². The van der Waals surface area contributed by atoms with Crippen molar-refractivity contribution in [1.29, 1.82) is 0 Å². The Kier molecular flexibility index (Phi) is 7.18. The van der Waals surface area contributed by atoms with Gasteiger partial charge in [-0.2, -0.15) is 0 Å². The van der Waals surface area contributed by atoms with Crippen LogP contribution in [0.1, 0.15) is 12.8 Å². The number of methoxy groups -OCH3 is 1. The molecule has 2 saturated heterocycles. The van der Waals surface area contributed by atoms with Crippen molar-refractivity contribution >= 4 is 12.1 Å². The summed E-state index contributed by atoms with van der Waals surface area (Å²) in [5.74, 6) is -2.94. The smallest absolute Gasteiger partial charge is 0.407 e. The first-order valence-electron chi connectivity index (χ1n) is 8.23. The lowest BCUT2D eigenvalue weighted by molar-refractivity contribution is -0.307. The van der Waals surface area contributed by atoms with E-state index in [1.165, 1.54) is 0 Å². The van der Waals surface area contributed by atoms with Crippen LogP contribution in [0, 0.1) is 0 Å². The molecule has 0 radical (unpaired) electrons. The zero-order valence-corrected chi connectivity index (χ0v) is 14.6. The first-order chi connectivity index (χ1) is 12.9. The monoisotopic (exact) mass is 390 g/mol. The molecule has 13 heteroatoms. The molecule has 2 aliphatic heterocycles. The van der Waals surface area contributed by atoms with E-state index >= 15 is 0 Å². The van der Waals surface area contributed by atoms with Crippen molar-refractivity contribution in [3.05, 3.63) is 10.4 Å². The number of amides is 1. The fourth-order valence-corrected chi connectivity index (χ4v) is 3.01. The quantitative estimate of drug-likeness (QED) is 0.120. The van der Waals surface area contributed by atoms with Gasteiger partial charge in [0.1, 0.15) is 24.4 Å². The zero-order valence-electron chi connectivity index (χ0n) is 14.6. The first-order valence-corrected chi connectivity index (χ1v) is 8.23. The Balaban J connectivity index is 2.25. The molecule has 2 heterocycles. The van der Waals surface area contributed by atoms with Gasteiger partial charge in [-0.15, -0.1) is 0 Å². The molecule has 0 aliphatic carbocycles. The number of azide groups is 1. The van der Waals surface area contributed by atoms with Crippen molar-refractivity contribution in [3.8, 4) is 0 Å². The number of nitrogens with zero attached hydrogens (tertiary/aromatic N) is 3. The van der Waals surface area contributed by atoms with Crippen LogP contribution in [0.25, 0.3) is 10.4 Å². The number of ether oxygens (including phenoxy) is 4. The Morgan fingerprint density at radius 3 is 2.93 bits per heavy atom. The molecule has 152 valence electrons. The maximum absolute atomic E-state index is 12.4. The molecule has 0 aromatic heterocycles. The van der Waals surface area contributed by atoms with E-state index in [2.05, 4.69) is 15.3 Å². The third kappa shape index (κ3) is 4.58. The van der Waals surface area contributed by atoms with Gasteiger partial charge in [0, 0.05) is 11.5 Å². The van der Waals surface area contributed by atoms with E-state index in [0.29, 0.717) is 0 Å². The second-order valence-electron chi connectivity index (χ2n) is 6.04. The van der Waals surface area contributed by atoms with Gasteiger partial charge >= 0.3 is 12.1 Å². The Morgan fingerprint density at radius 1 is 1.56 bits per heavy atom. The largest absolute Gasteiger partial charge is 0.465 e. The number of aliphatic hydroxyl groups is 3. The van der Waals surface area contributed by atoms with Gasteiger partial charge in [0.15, 0.2) is 0 Å². The molecular weight excluding hydrogens is 368 g/mol. The summed E-state index contributed by atoms with van der Waals surface area (Å²) < 4.78 is 21.1. The number of nitrogens with one attached hydrogen (secondary N) is 1. The Bertz CT molecular complexity index is 599. The molecule has 0 aromatic carbocycles. The van der Waals surface area contributed by atoms with Crippen LogP contribution in [0.4, 0.5) is 4.79 Å². The highest BCUT2D eigenvalue weighted by Gasteiger charge is 2.59. The molecular formula is C14H22N4O9. The van der Waals surface area contributed by atoms with Crippen LogP contribution in [0.3, 0.4) is 0 Å². The summed E-state index contributed by atoms with van der Waals surface area (Å²) in [6.45, 7) is -0.713. The van der Waals surface area contributed by atoms with E-state index in [-0.39, 0.29) is 26.0 Å². The predicted molar refractivity (Wildman–Crippen MR) is 85.1 cm³/mol. The lowest BCUT2D eigenvalue weighted by Crippen LogP contribution is -2.65. The van der Waals surface area contributed by atoms with Crippen molar-refractivity contribution in [2.75, 3.05) is 26.9 Å². The van der Waals surface area contributed by atoms with E-state index in [1.54, 1.807) is 0 Å². The molecule has 13 nitrogen and oxygen atoms in total. The standard InChI is InChI=1S/C14H22N4O9/c1-24-12(22)14(25-4-2-3-16-18-15)5-8-9(17-13(23)26-8)11(27-14)10(21)7(20)6-19/h7-11,19-21H,2-6H2,1H3,(H,17,23)/t7-,8+,9-,10-,11-,14-/m1/s1. The molecule has 0 unspecified atom stereocenters. The van der Waals surface area contributed by atoms with Gasteiger partial charge in [-0.25, -0.2) is 9.59 Å². The third-order valence-corrected chi connectivity index (χ3v) is 4.31. The minimum Gasteiger partial charge on any atom is -0.465 e. The summed E-state index contributed by atoms with van der Waals surface area (Å²) in [5.41, 5.74) is 8.28. The second kappa shape index (κ2) is 9.17. The Hall–Kier alpha value is -2.15. The molecule has 6 atom stereocenters. The summed E-state index contributed by atoms with van der Waals surface area (Å²) in [6, 6.07) is -0.877. The molecule has 2 aliphatic rings. The maximum atomic E-state index is 12.4. The minimum absolute atomic E-state index is 0.0573. The summed E-state index contributed by atoms with van der Waals surface area (Å²) in [7, 11) is 1.11. The minimum atomic E-state index is -2.01. The van der Waals surface area contributed by atoms with E-state index in [0.717, 1.165) is 7.11 Å². The molecule has 0 bridgehead atoms. The summed E-state index contributed by atoms with van der Waals surface area (Å²) in [4.78, 5) is 26.6. The number of rotatable bonds is 9. The van der Waals surface area contributed by atoms with Crippen LogP contribution in [0.2, 0.25) is 0 Å².